The molecule has 2 atom stereocenters. The Balaban J connectivity index is 3.86. The SMILES string of the molecule is CSC(CO)C(C)NC(=O)CCNC(C)(C)C. The summed E-state index contributed by atoms with van der Waals surface area (Å²) in [5, 5.41) is 15.3. The lowest BCUT2D eigenvalue weighted by Gasteiger charge is -2.23. The third-order valence-corrected chi connectivity index (χ3v) is 3.60. The van der Waals surface area contributed by atoms with Crippen molar-refractivity contribution in [3.8, 4) is 0 Å². The van der Waals surface area contributed by atoms with Crippen molar-refractivity contribution in [2.75, 3.05) is 19.4 Å². The largest absolute Gasteiger partial charge is 0.395 e. The summed E-state index contributed by atoms with van der Waals surface area (Å²) in [6.45, 7) is 8.90. The molecule has 3 N–H and O–H groups in total. The van der Waals surface area contributed by atoms with E-state index in [9.17, 15) is 4.79 Å². The van der Waals surface area contributed by atoms with Crippen molar-refractivity contribution in [2.24, 2.45) is 0 Å². The van der Waals surface area contributed by atoms with Crippen molar-refractivity contribution in [1.29, 1.82) is 0 Å². The average Bonchev–Trinajstić information content (AvgIpc) is 2.17. The molecule has 0 rings (SSSR count). The van der Waals surface area contributed by atoms with E-state index in [-0.39, 0.29) is 29.3 Å². The molecule has 0 aromatic rings. The lowest BCUT2D eigenvalue weighted by atomic mass is 10.1. The number of hydrogen-bond acceptors (Lipinski definition) is 4. The maximum Gasteiger partial charge on any atom is 0.221 e. The number of carbonyl (C=O) groups is 1. The van der Waals surface area contributed by atoms with Crippen LogP contribution in [0, 0.1) is 0 Å². The molecule has 102 valence electrons. The van der Waals surface area contributed by atoms with Crippen molar-refractivity contribution >= 4 is 17.7 Å². The zero-order chi connectivity index (χ0) is 13.5. The van der Waals surface area contributed by atoms with Gasteiger partial charge in [-0.25, -0.2) is 0 Å². The van der Waals surface area contributed by atoms with Crippen molar-refractivity contribution in [3.63, 3.8) is 0 Å². The number of hydrogen-bond donors (Lipinski definition) is 3. The van der Waals surface area contributed by atoms with Crippen LogP contribution in [-0.2, 0) is 4.79 Å². The molecule has 0 radical (unpaired) electrons. The number of aliphatic hydroxyl groups excluding tert-OH is 1. The number of aliphatic hydroxyl groups is 1. The predicted octanol–water partition coefficient (Wildman–Crippen LogP) is 0.993. The van der Waals surface area contributed by atoms with E-state index in [1.54, 1.807) is 11.8 Å². The fourth-order valence-corrected chi connectivity index (χ4v) is 2.03. The molecular weight excluding hydrogens is 236 g/mol. The molecule has 17 heavy (non-hydrogen) atoms. The van der Waals surface area contributed by atoms with Crippen LogP contribution in [0.5, 0.6) is 0 Å². The highest BCUT2D eigenvalue weighted by molar-refractivity contribution is 7.99. The molecule has 2 unspecified atom stereocenters. The van der Waals surface area contributed by atoms with Gasteiger partial charge < -0.3 is 15.7 Å². The number of carbonyl (C=O) groups excluding carboxylic acids is 1. The topological polar surface area (TPSA) is 61.4 Å². The lowest BCUT2D eigenvalue weighted by molar-refractivity contribution is -0.121. The Hall–Kier alpha value is -0.260. The molecule has 5 heteroatoms. The zero-order valence-corrected chi connectivity index (χ0v) is 12.4. The molecule has 0 aromatic heterocycles. The summed E-state index contributed by atoms with van der Waals surface area (Å²) in [5.41, 5.74) is 0.0405. The second-order valence-electron chi connectivity index (χ2n) is 5.24. The third-order valence-electron chi connectivity index (χ3n) is 2.44. The van der Waals surface area contributed by atoms with E-state index in [1.807, 2.05) is 13.2 Å². The summed E-state index contributed by atoms with van der Waals surface area (Å²) in [5.74, 6) is 0.0294. The van der Waals surface area contributed by atoms with E-state index in [4.69, 9.17) is 5.11 Å². The highest BCUT2D eigenvalue weighted by atomic mass is 32.2. The van der Waals surface area contributed by atoms with Crippen LogP contribution in [-0.4, -0.2) is 47.3 Å². The van der Waals surface area contributed by atoms with Crippen molar-refractivity contribution < 1.29 is 9.90 Å². The van der Waals surface area contributed by atoms with E-state index in [1.165, 1.54) is 0 Å². The molecule has 0 aliphatic rings. The molecule has 0 fully saturated rings. The first-order chi connectivity index (χ1) is 7.80. The fraction of sp³-hybridized carbons (Fsp3) is 0.917. The van der Waals surface area contributed by atoms with E-state index in [2.05, 4.69) is 31.4 Å². The summed E-state index contributed by atoms with van der Waals surface area (Å²) >= 11 is 1.57. The minimum Gasteiger partial charge on any atom is -0.395 e. The third kappa shape index (κ3) is 8.46. The molecule has 4 nitrogen and oxygen atoms in total. The summed E-state index contributed by atoms with van der Waals surface area (Å²) in [7, 11) is 0. The first kappa shape index (κ1) is 16.7. The second-order valence-corrected chi connectivity index (χ2v) is 6.32. The van der Waals surface area contributed by atoms with Crippen LogP contribution >= 0.6 is 11.8 Å². The Kier molecular flexibility index (Phi) is 7.83. The van der Waals surface area contributed by atoms with E-state index >= 15 is 0 Å². The van der Waals surface area contributed by atoms with Crippen molar-refractivity contribution in [2.45, 2.75) is 50.9 Å². The van der Waals surface area contributed by atoms with Crippen LogP contribution in [0.3, 0.4) is 0 Å². The fourth-order valence-electron chi connectivity index (χ4n) is 1.41. The normalized spacial score (nSPS) is 15.4. The molecule has 0 bridgehead atoms. The molecule has 0 aliphatic carbocycles. The number of rotatable bonds is 7. The number of thioether (sulfide) groups is 1. The van der Waals surface area contributed by atoms with Gasteiger partial charge in [0.25, 0.3) is 0 Å². The summed E-state index contributed by atoms with van der Waals surface area (Å²) in [6.07, 6.45) is 2.40. The van der Waals surface area contributed by atoms with Crippen LogP contribution in [0.15, 0.2) is 0 Å². The molecule has 0 saturated carbocycles. The monoisotopic (exact) mass is 262 g/mol. The number of nitrogens with one attached hydrogen (secondary N) is 2. The standard InChI is InChI=1S/C12H26N2O2S/c1-9(10(8-15)17-5)14-11(16)6-7-13-12(2,3)4/h9-10,13,15H,6-8H2,1-5H3,(H,14,16). The van der Waals surface area contributed by atoms with Crippen LogP contribution in [0.25, 0.3) is 0 Å². The van der Waals surface area contributed by atoms with Crippen LogP contribution < -0.4 is 10.6 Å². The Bertz CT molecular complexity index is 225. The minimum atomic E-state index is -0.00265. The maximum absolute atomic E-state index is 11.6. The van der Waals surface area contributed by atoms with Crippen LogP contribution in [0.4, 0.5) is 0 Å². The molecule has 0 saturated heterocycles. The van der Waals surface area contributed by atoms with Crippen molar-refractivity contribution in [3.05, 3.63) is 0 Å². The lowest BCUT2D eigenvalue weighted by Crippen LogP contribution is -2.43. The van der Waals surface area contributed by atoms with Gasteiger partial charge in [0, 0.05) is 29.8 Å². The van der Waals surface area contributed by atoms with Crippen LogP contribution in [0.2, 0.25) is 0 Å². The molecule has 1 amide bonds. The van der Waals surface area contributed by atoms with Gasteiger partial charge in [-0.05, 0) is 34.0 Å². The molecular formula is C12H26N2O2S. The van der Waals surface area contributed by atoms with Gasteiger partial charge in [-0.1, -0.05) is 0 Å². The van der Waals surface area contributed by atoms with E-state index in [0.29, 0.717) is 13.0 Å². The quantitative estimate of drug-likeness (QED) is 0.640. The smallest absolute Gasteiger partial charge is 0.221 e. The Morgan fingerprint density at radius 2 is 2.00 bits per heavy atom. The average molecular weight is 262 g/mol. The maximum atomic E-state index is 11.6. The first-order valence-electron chi connectivity index (χ1n) is 5.98. The minimum absolute atomic E-state index is 0.00265. The van der Waals surface area contributed by atoms with Gasteiger partial charge in [-0.2, -0.15) is 11.8 Å². The zero-order valence-electron chi connectivity index (χ0n) is 11.5. The van der Waals surface area contributed by atoms with Crippen molar-refractivity contribution in [1.82, 2.24) is 10.6 Å². The van der Waals surface area contributed by atoms with Gasteiger partial charge in [0.15, 0.2) is 0 Å². The van der Waals surface area contributed by atoms with Crippen LogP contribution in [0.1, 0.15) is 34.1 Å². The second kappa shape index (κ2) is 7.95. The first-order valence-corrected chi connectivity index (χ1v) is 7.27. The van der Waals surface area contributed by atoms with Gasteiger partial charge in [0.2, 0.25) is 5.91 Å². The highest BCUT2D eigenvalue weighted by Crippen LogP contribution is 2.10. The summed E-state index contributed by atoms with van der Waals surface area (Å²) < 4.78 is 0. The Morgan fingerprint density at radius 1 is 1.41 bits per heavy atom. The Labute approximate surface area is 109 Å². The van der Waals surface area contributed by atoms with E-state index in [0.717, 1.165) is 0 Å². The van der Waals surface area contributed by atoms with Gasteiger partial charge in [-0.3, -0.25) is 4.79 Å². The summed E-state index contributed by atoms with van der Waals surface area (Å²) in [4.78, 5) is 11.6. The van der Waals surface area contributed by atoms with E-state index < -0.39 is 0 Å². The Morgan fingerprint density at radius 3 is 2.41 bits per heavy atom. The molecule has 0 spiro atoms. The molecule has 0 aromatic carbocycles. The highest BCUT2D eigenvalue weighted by Gasteiger charge is 2.17. The summed E-state index contributed by atoms with van der Waals surface area (Å²) in [6, 6.07) is -0.00265. The van der Waals surface area contributed by atoms with Gasteiger partial charge in [0.05, 0.1) is 6.61 Å². The van der Waals surface area contributed by atoms with Gasteiger partial charge >= 0.3 is 0 Å². The van der Waals surface area contributed by atoms with Gasteiger partial charge in [-0.15, -0.1) is 0 Å². The van der Waals surface area contributed by atoms with Gasteiger partial charge in [0.1, 0.15) is 0 Å². The molecule has 0 heterocycles. The molecule has 0 aliphatic heterocycles. The number of amides is 1. The predicted molar refractivity (Wildman–Crippen MR) is 74.4 cm³/mol.